The first-order chi connectivity index (χ1) is 10.2. The summed E-state index contributed by atoms with van der Waals surface area (Å²) < 4.78 is 0. The van der Waals surface area contributed by atoms with Crippen molar-refractivity contribution in [1.82, 2.24) is 5.32 Å². The van der Waals surface area contributed by atoms with Crippen LogP contribution in [0.15, 0.2) is 30.3 Å². The van der Waals surface area contributed by atoms with Gasteiger partial charge in [0.15, 0.2) is 0 Å². The van der Waals surface area contributed by atoms with Crippen LogP contribution in [0.25, 0.3) is 0 Å². The molecule has 2 rings (SSSR count). The van der Waals surface area contributed by atoms with Crippen molar-refractivity contribution >= 4 is 0 Å². The average molecular weight is 287 g/mol. The molecule has 0 heterocycles. The van der Waals surface area contributed by atoms with Gasteiger partial charge >= 0.3 is 0 Å². The van der Waals surface area contributed by atoms with Gasteiger partial charge in [-0.05, 0) is 68.4 Å². The molecular weight excluding hydrogens is 254 g/mol. The summed E-state index contributed by atoms with van der Waals surface area (Å²) in [7, 11) is 0. The van der Waals surface area contributed by atoms with E-state index in [1.807, 2.05) is 0 Å². The van der Waals surface area contributed by atoms with E-state index in [2.05, 4.69) is 56.4 Å². The highest BCUT2D eigenvalue weighted by Crippen LogP contribution is 2.35. The normalized spacial score (nSPS) is 27.5. The Morgan fingerprint density at radius 3 is 2.33 bits per heavy atom. The van der Waals surface area contributed by atoms with Gasteiger partial charge in [0.1, 0.15) is 0 Å². The lowest BCUT2D eigenvalue weighted by molar-refractivity contribution is 0.170. The molecule has 0 aliphatic heterocycles. The molecule has 1 aromatic rings. The first-order valence-corrected chi connectivity index (χ1v) is 8.96. The number of rotatable bonds is 7. The maximum absolute atomic E-state index is 3.78. The predicted octanol–water partition coefficient (Wildman–Crippen LogP) is 5.06. The first-order valence-electron chi connectivity index (χ1n) is 8.96. The second-order valence-electron chi connectivity index (χ2n) is 7.22. The van der Waals surface area contributed by atoms with Gasteiger partial charge in [-0.25, -0.2) is 0 Å². The molecule has 3 unspecified atom stereocenters. The summed E-state index contributed by atoms with van der Waals surface area (Å²) in [5.74, 6) is 2.71. The van der Waals surface area contributed by atoms with Gasteiger partial charge in [-0.2, -0.15) is 0 Å². The molecule has 0 aromatic heterocycles. The van der Waals surface area contributed by atoms with E-state index in [1.54, 1.807) is 0 Å². The lowest BCUT2D eigenvalue weighted by Crippen LogP contribution is -2.39. The minimum Gasteiger partial charge on any atom is -0.314 e. The van der Waals surface area contributed by atoms with Crippen molar-refractivity contribution in [1.29, 1.82) is 0 Å². The van der Waals surface area contributed by atoms with Crippen LogP contribution in [0.1, 0.15) is 58.4 Å². The lowest BCUT2D eigenvalue weighted by Gasteiger charge is -2.37. The molecule has 0 amide bonds. The Hall–Kier alpha value is -0.820. The average Bonchev–Trinajstić information content (AvgIpc) is 2.46. The maximum atomic E-state index is 3.78. The highest BCUT2D eigenvalue weighted by atomic mass is 14.9. The Labute approximate surface area is 131 Å². The van der Waals surface area contributed by atoms with Gasteiger partial charge in [-0.3, -0.25) is 0 Å². The van der Waals surface area contributed by atoms with Gasteiger partial charge in [0, 0.05) is 6.04 Å². The third-order valence-corrected chi connectivity index (χ3v) is 5.07. The first kappa shape index (κ1) is 16.5. The fourth-order valence-corrected chi connectivity index (χ4v) is 4.28. The van der Waals surface area contributed by atoms with Crippen molar-refractivity contribution in [3.8, 4) is 0 Å². The van der Waals surface area contributed by atoms with Gasteiger partial charge in [0.2, 0.25) is 0 Å². The Kier molecular flexibility index (Phi) is 6.76. The number of benzene rings is 1. The standard InChI is InChI=1S/C20H33N/c1-4-21-20(19-14-16(2)13-17(3)15-19)12-8-11-18-9-6-5-7-10-18/h5-7,9-10,16-17,19-21H,4,8,11-15H2,1-3H3. The summed E-state index contributed by atoms with van der Waals surface area (Å²) >= 11 is 0. The Bertz CT molecular complexity index is 376. The smallest absolute Gasteiger partial charge is 0.00955 e. The summed E-state index contributed by atoms with van der Waals surface area (Å²) in [6.45, 7) is 8.24. The van der Waals surface area contributed by atoms with E-state index in [4.69, 9.17) is 0 Å². The van der Waals surface area contributed by atoms with E-state index in [0.717, 1.165) is 30.3 Å². The van der Waals surface area contributed by atoms with Crippen LogP contribution < -0.4 is 5.32 Å². The fourth-order valence-electron chi connectivity index (χ4n) is 4.28. The second kappa shape index (κ2) is 8.58. The van der Waals surface area contributed by atoms with Crippen molar-refractivity contribution in [2.24, 2.45) is 17.8 Å². The minimum absolute atomic E-state index is 0.726. The van der Waals surface area contributed by atoms with E-state index in [9.17, 15) is 0 Å². The third kappa shape index (κ3) is 5.47. The van der Waals surface area contributed by atoms with Crippen molar-refractivity contribution in [3.05, 3.63) is 35.9 Å². The molecule has 0 radical (unpaired) electrons. The van der Waals surface area contributed by atoms with Crippen LogP contribution in [0.2, 0.25) is 0 Å². The highest BCUT2D eigenvalue weighted by Gasteiger charge is 2.29. The van der Waals surface area contributed by atoms with Crippen LogP contribution >= 0.6 is 0 Å². The van der Waals surface area contributed by atoms with Crippen molar-refractivity contribution in [2.45, 2.75) is 65.3 Å². The fraction of sp³-hybridized carbons (Fsp3) is 0.700. The quantitative estimate of drug-likeness (QED) is 0.739. The van der Waals surface area contributed by atoms with Crippen molar-refractivity contribution < 1.29 is 0 Å². The molecule has 1 fully saturated rings. The molecular formula is C20H33N. The molecule has 1 aliphatic carbocycles. The summed E-state index contributed by atoms with van der Waals surface area (Å²) in [6.07, 6.45) is 8.13. The molecule has 1 aromatic carbocycles. The number of aryl methyl sites for hydroxylation is 1. The van der Waals surface area contributed by atoms with Gasteiger partial charge in [-0.1, -0.05) is 51.1 Å². The summed E-state index contributed by atoms with van der Waals surface area (Å²) in [4.78, 5) is 0. The lowest BCUT2D eigenvalue weighted by atomic mass is 9.73. The van der Waals surface area contributed by atoms with Crippen molar-refractivity contribution in [3.63, 3.8) is 0 Å². The van der Waals surface area contributed by atoms with Gasteiger partial charge in [-0.15, -0.1) is 0 Å². The molecule has 1 N–H and O–H groups in total. The molecule has 1 heteroatoms. The predicted molar refractivity (Wildman–Crippen MR) is 92.5 cm³/mol. The zero-order valence-corrected chi connectivity index (χ0v) is 14.1. The van der Waals surface area contributed by atoms with Crippen LogP contribution in [-0.2, 0) is 6.42 Å². The van der Waals surface area contributed by atoms with E-state index in [0.29, 0.717) is 0 Å². The van der Waals surface area contributed by atoms with E-state index < -0.39 is 0 Å². The molecule has 3 atom stereocenters. The Morgan fingerprint density at radius 1 is 1.05 bits per heavy atom. The zero-order chi connectivity index (χ0) is 15.1. The van der Waals surface area contributed by atoms with Crippen LogP contribution in [-0.4, -0.2) is 12.6 Å². The van der Waals surface area contributed by atoms with E-state index >= 15 is 0 Å². The summed E-state index contributed by atoms with van der Waals surface area (Å²) in [5.41, 5.74) is 1.48. The molecule has 0 spiro atoms. The maximum Gasteiger partial charge on any atom is 0.00955 e. The third-order valence-electron chi connectivity index (χ3n) is 5.07. The van der Waals surface area contributed by atoms with Crippen LogP contribution in [0.4, 0.5) is 0 Å². The second-order valence-corrected chi connectivity index (χ2v) is 7.22. The van der Waals surface area contributed by atoms with Crippen LogP contribution in [0, 0.1) is 17.8 Å². The molecule has 1 aliphatic rings. The van der Waals surface area contributed by atoms with Gasteiger partial charge < -0.3 is 5.32 Å². The topological polar surface area (TPSA) is 12.0 Å². The van der Waals surface area contributed by atoms with Gasteiger partial charge in [0.25, 0.3) is 0 Å². The summed E-state index contributed by atoms with van der Waals surface area (Å²) in [5, 5.41) is 3.78. The van der Waals surface area contributed by atoms with Crippen molar-refractivity contribution in [2.75, 3.05) is 6.54 Å². The van der Waals surface area contributed by atoms with E-state index in [1.165, 1.54) is 44.1 Å². The molecule has 0 bridgehead atoms. The monoisotopic (exact) mass is 287 g/mol. The van der Waals surface area contributed by atoms with E-state index in [-0.39, 0.29) is 0 Å². The number of hydrogen-bond donors (Lipinski definition) is 1. The Morgan fingerprint density at radius 2 is 1.71 bits per heavy atom. The molecule has 118 valence electrons. The molecule has 0 saturated heterocycles. The number of nitrogens with one attached hydrogen (secondary N) is 1. The zero-order valence-electron chi connectivity index (χ0n) is 14.1. The molecule has 21 heavy (non-hydrogen) atoms. The SMILES string of the molecule is CCNC(CCCc1ccccc1)C1CC(C)CC(C)C1. The van der Waals surface area contributed by atoms with Crippen LogP contribution in [0.5, 0.6) is 0 Å². The van der Waals surface area contributed by atoms with Gasteiger partial charge in [0.05, 0.1) is 0 Å². The van der Waals surface area contributed by atoms with Crippen LogP contribution in [0.3, 0.4) is 0 Å². The highest BCUT2D eigenvalue weighted by molar-refractivity contribution is 5.14. The molecule has 1 saturated carbocycles. The Balaban J connectivity index is 1.83. The summed E-state index contributed by atoms with van der Waals surface area (Å²) in [6, 6.07) is 11.7. The minimum atomic E-state index is 0.726. The number of hydrogen-bond acceptors (Lipinski definition) is 1. The molecule has 1 nitrogen and oxygen atoms in total. The largest absolute Gasteiger partial charge is 0.314 e.